The van der Waals surface area contributed by atoms with E-state index in [9.17, 15) is 0 Å². The van der Waals surface area contributed by atoms with Crippen LogP contribution in [0.5, 0.6) is 5.75 Å². The van der Waals surface area contributed by atoms with Crippen molar-refractivity contribution < 1.29 is 4.74 Å². The number of methoxy groups -OCH3 is 1. The molecule has 9 aromatic rings. The van der Waals surface area contributed by atoms with Crippen molar-refractivity contribution in [2.45, 2.75) is 0 Å². The SMILES string of the molecule is COc1ccc(N(c2ccc(-c3ccccc3)cc2)c2ccc3c4ccccc4n(-c4ccc5sc6ccccc6c5c4)c3c2)cc1. The Kier molecular flexibility index (Phi) is 6.54. The number of rotatable bonds is 6. The van der Waals surface area contributed by atoms with E-state index in [1.165, 1.54) is 53.1 Å². The molecule has 0 N–H and O–H groups in total. The van der Waals surface area contributed by atoms with Crippen molar-refractivity contribution in [1.29, 1.82) is 0 Å². The zero-order valence-corrected chi connectivity index (χ0v) is 26.6. The van der Waals surface area contributed by atoms with Crippen LogP contribution in [0.3, 0.4) is 0 Å². The smallest absolute Gasteiger partial charge is 0.119 e. The van der Waals surface area contributed by atoms with Gasteiger partial charge in [-0.05, 0) is 90.0 Å². The lowest BCUT2D eigenvalue weighted by Crippen LogP contribution is -2.10. The van der Waals surface area contributed by atoms with Gasteiger partial charge in [0.25, 0.3) is 0 Å². The van der Waals surface area contributed by atoms with Crippen molar-refractivity contribution in [3.05, 3.63) is 164 Å². The van der Waals surface area contributed by atoms with Gasteiger partial charge in [0.2, 0.25) is 0 Å². The van der Waals surface area contributed by atoms with Gasteiger partial charge in [-0.2, -0.15) is 0 Å². The highest BCUT2D eigenvalue weighted by atomic mass is 32.1. The fraction of sp³-hybridized carbons (Fsp3) is 0.0233. The molecule has 0 unspecified atom stereocenters. The third-order valence-corrected chi connectivity index (χ3v) is 10.2. The highest BCUT2D eigenvalue weighted by molar-refractivity contribution is 7.25. The van der Waals surface area contributed by atoms with Gasteiger partial charge in [-0.25, -0.2) is 0 Å². The van der Waals surface area contributed by atoms with Crippen molar-refractivity contribution in [2.75, 3.05) is 12.0 Å². The second-order valence-corrected chi connectivity index (χ2v) is 12.9. The van der Waals surface area contributed by atoms with Gasteiger partial charge in [0.15, 0.2) is 0 Å². The molecule has 4 heteroatoms. The molecule has 0 fully saturated rings. The topological polar surface area (TPSA) is 17.4 Å². The van der Waals surface area contributed by atoms with Crippen molar-refractivity contribution in [3.8, 4) is 22.6 Å². The van der Waals surface area contributed by atoms with E-state index in [-0.39, 0.29) is 0 Å². The number of hydrogen-bond acceptors (Lipinski definition) is 3. The Morgan fingerprint density at radius 2 is 1.09 bits per heavy atom. The fourth-order valence-corrected chi connectivity index (χ4v) is 7.93. The summed E-state index contributed by atoms with van der Waals surface area (Å²) in [6, 6.07) is 58.8. The van der Waals surface area contributed by atoms with Gasteiger partial charge in [-0.3, -0.25) is 0 Å². The maximum atomic E-state index is 5.51. The Morgan fingerprint density at radius 3 is 1.87 bits per heavy atom. The van der Waals surface area contributed by atoms with Crippen LogP contribution in [0.15, 0.2) is 164 Å². The van der Waals surface area contributed by atoms with Crippen molar-refractivity contribution in [1.82, 2.24) is 4.57 Å². The van der Waals surface area contributed by atoms with Gasteiger partial charge >= 0.3 is 0 Å². The second kappa shape index (κ2) is 11.2. The van der Waals surface area contributed by atoms with E-state index >= 15 is 0 Å². The zero-order chi connectivity index (χ0) is 31.3. The van der Waals surface area contributed by atoms with Crippen LogP contribution in [0.25, 0.3) is 58.8 Å². The average Bonchev–Trinajstić information content (AvgIpc) is 3.68. The summed E-state index contributed by atoms with van der Waals surface area (Å²) in [5, 5.41) is 5.07. The van der Waals surface area contributed by atoms with Crippen LogP contribution >= 0.6 is 11.3 Å². The predicted octanol–water partition coefficient (Wildman–Crippen LogP) is 12.3. The van der Waals surface area contributed by atoms with E-state index in [4.69, 9.17) is 4.74 Å². The Labute approximate surface area is 277 Å². The second-order valence-electron chi connectivity index (χ2n) is 11.8. The molecule has 0 spiro atoms. The normalized spacial score (nSPS) is 11.5. The first-order valence-electron chi connectivity index (χ1n) is 15.8. The number of hydrogen-bond donors (Lipinski definition) is 0. The lowest BCUT2D eigenvalue weighted by molar-refractivity contribution is 0.415. The molecule has 2 heterocycles. The monoisotopic (exact) mass is 622 g/mol. The molecule has 0 saturated carbocycles. The van der Waals surface area contributed by atoms with Gasteiger partial charge in [0, 0.05) is 53.7 Å². The van der Waals surface area contributed by atoms with Crippen LogP contribution in [0.1, 0.15) is 0 Å². The summed E-state index contributed by atoms with van der Waals surface area (Å²) in [4.78, 5) is 2.32. The minimum Gasteiger partial charge on any atom is -0.497 e. The van der Waals surface area contributed by atoms with Crippen LogP contribution in [-0.4, -0.2) is 11.7 Å². The molecular formula is C43H30N2OS. The van der Waals surface area contributed by atoms with E-state index < -0.39 is 0 Å². The summed E-state index contributed by atoms with van der Waals surface area (Å²) in [7, 11) is 1.71. The summed E-state index contributed by atoms with van der Waals surface area (Å²) in [5.41, 5.74) is 9.15. The number of ether oxygens (including phenoxy) is 1. The molecular weight excluding hydrogens is 593 g/mol. The van der Waals surface area contributed by atoms with Gasteiger partial charge in [0.05, 0.1) is 18.1 Å². The Balaban J connectivity index is 1.25. The number of aromatic nitrogens is 1. The quantitative estimate of drug-likeness (QED) is 0.184. The van der Waals surface area contributed by atoms with Crippen molar-refractivity contribution in [2.24, 2.45) is 0 Å². The molecule has 0 amide bonds. The Hall–Kier alpha value is -5.84. The molecule has 0 aliphatic rings. The lowest BCUT2D eigenvalue weighted by atomic mass is 10.0. The average molecular weight is 623 g/mol. The fourth-order valence-electron chi connectivity index (χ4n) is 6.84. The van der Waals surface area contributed by atoms with Crippen LogP contribution in [0, 0.1) is 0 Å². The van der Waals surface area contributed by atoms with Gasteiger partial charge < -0.3 is 14.2 Å². The minimum absolute atomic E-state index is 0.833. The van der Waals surface area contributed by atoms with Gasteiger partial charge in [0.1, 0.15) is 5.75 Å². The molecule has 0 radical (unpaired) electrons. The van der Waals surface area contributed by atoms with E-state index in [1.54, 1.807) is 7.11 Å². The molecule has 47 heavy (non-hydrogen) atoms. The first-order valence-corrected chi connectivity index (χ1v) is 16.6. The Bertz CT molecular complexity index is 2550. The largest absolute Gasteiger partial charge is 0.497 e. The van der Waals surface area contributed by atoms with Crippen LogP contribution in [0.4, 0.5) is 17.1 Å². The summed E-state index contributed by atoms with van der Waals surface area (Å²) in [5.74, 6) is 0.833. The van der Waals surface area contributed by atoms with Crippen LogP contribution in [-0.2, 0) is 0 Å². The zero-order valence-electron chi connectivity index (χ0n) is 25.8. The highest BCUT2D eigenvalue weighted by Crippen LogP contribution is 2.42. The molecule has 2 aromatic heterocycles. The molecule has 3 nitrogen and oxygen atoms in total. The number of benzene rings is 7. The molecule has 0 bridgehead atoms. The summed E-state index contributed by atoms with van der Waals surface area (Å²) >= 11 is 1.85. The maximum Gasteiger partial charge on any atom is 0.119 e. The minimum atomic E-state index is 0.833. The predicted molar refractivity (Wildman–Crippen MR) is 200 cm³/mol. The molecule has 224 valence electrons. The van der Waals surface area contributed by atoms with E-state index in [0.717, 1.165) is 28.5 Å². The Morgan fingerprint density at radius 1 is 0.468 bits per heavy atom. The van der Waals surface area contributed by atoms with Crippen LogP contribution in [0.2, 0.25) is 0 Å². The molecule has 0 aliphatic heterocycles. The third kappa shape index (κ3) is 4.65. The number of thiophene rings is 1. The summed E-state index contributed by atoms with van der Waals surface area (Å²) < 4.78 is 10.6. The first-order chi connectivity index (χ1) is 23.2. The third-order valence-electron chi connectivity index (χ3n) is 9.10. The summed E-state index contributed by atoms with van der Waals surface area (Å²) in [6.45, 7) is 0. The standard InChI is InChI=1S/C43H30N2OS/c1-46-35-23-19-32(20-24-35)44(31-17-15-30(16-18-31)29-9-3-2-4-10-29)34-21-25-37-36-11-5-7-13-40(36)45(41(37)28-34)33-22-26-43-39(27-33)38-12-6-8-14-42(38)47-43/h2-28H,1H3. The number of para-hydroxylation sites is 1. The lowest BCUT2D eigenvalue weighted by Gasteiger charge is -2.26. The van der Waals surface area contributed by atoms with Gasteiger partial charge in [-0.15, -0.1) is 11.3 Å². The van der Waals surface area contributed by atoms with E-state index in [2.05, 4.69) is 161 Å². The molecule has 9 rings (SSSR count). The van der Waals surface area contributed by atoms with E-state index in [1.807, 2.05) is 23.5 Å². The molecule has 7 aromatic carbocycles. The van der Waals surface area contributed by atoms with Crippen molar-refractivity contribution >= 4 is 70.4 Å². The first kappa shape index (κ1) is 27.5. The molecule has 0 atom stereocenters. The maximum absolute atomic E-state index is 5.51. The number of nitrogens with zero attached hydrogens (tertiary/aromatic N) is 2. The molecule has 0 saturated heterocycles. The highest BCUT2D eigenvalue weighted by Gasteiger charge is 2.18. The number of anilines is 3. The van der Waals surface area contributed by atoms with Crippen LogP contribution < -0.4 is 9.64 Å². The summed E-state index contributed by atoms with van der Waals surface area (Å²) in [6.07, 6.45) is 0. The van der Waals surface area contributed by atoms with E-state index in [0.29, 0.717) is 0 Å². The number of fused-ring (bicyclic) bond motifs is 6. The van der Waals surface area contributed by atoms with Gasteiger partial charge in [-0.1, -0.05) is 84.9 Å². The van der Waals surface area contributed by atoms with Crippen molar-refractivity contribution in [3.63, 3.8) is 0 Å². The molecule has 0 aliphatic carbocycles.